The lowest BCUT2D eigenvalue weighted by Crippen LogP contribution is -2.45. The normalized spacial score (nSPS) is 17.9. The Kier molecular flexibility index (Phi) is 7.55. The summed E-state index contributed by atoms with van der Waals surface area (Å²) in [7, 11) is 2.90. The molecule has 0 saturated heterocycles. The van der Waals surface area contributed by atoms with Gasteiger partial charge in [-0.05, 0) is 74.7 Å². The van der Waals surface area contributed by atoms with Crippen LogP contribution in [0.25, 0.3) is 0 Å². The van der Waals surface area contributed by atoms with Gasteiger partial charge in [0.15, 0.2) is 16.6 Å². The molecule has 1 aliphatic carbocycles. The van der Waals surface area contributed by atoms with Crippen LogP contribution in [0.4, 0.5) is 5.69 Å². The lowest BCUT2D eigenvalue weighted by atomic mass is 9.94. The molecule has 1 atom stereocenters. The van der Waals surface area contributed by atoms with Crippen LogP contribution in [0.15, 0.2) is 53.7 Å². The summed E-state index contributed by atoms with van der Waals surface area (Å²) in [4.78, 5) is 25.6. The Labute approximate surface area is 210 Å². The quantitative estimate of drug-likeness (QED) is 0.388. The molecule has 0 radical (unpaired) electrons. The number of nitrogens with one attached hydrogen (secondary N) is 3. The summed E-state index contributed by atoms with van der Waals surface area (Å²) < 4.78 is 16.6. The van der Waals surface area contributed by atoms with Gasteiger partial charge in [0, 0.05) is 5.70 Å². The number of ether oxygens (including phenoxy) is 3. The minimum atomic E-state index is -0.538. The number of rotatable bonds is 7. The van der Waals surface area contributed by atoms with Gasteiger partial charge in [-0.3, -0.25) is 4.79 Å². The average molecular weight is 496 g/mol. The lowest BCUT2D eigenvalue weighted by molar-refractivity contribution is -0.113. The Morgan fingerprint density at radius 1 is 1.06 bits per heavy atom. The van der Waals surface area contributed by atoms with Crippen LogP contribution in [0.3, 0.4) is 0 Å². The van der Waals surface area contributed by atoms with Crippen molar-refractivity contribution in [3.63, 3.8) is 0 Å². The van der Waals surface area contributed by atoms with Crippen LogP contribution < -0.4 is 25.4 Å². The maximum Gasteiger partial charge on any atom is 0.339 e. The highest BCUT2D eigenvalue weighted by molar-refractivity contribution is 7.80. The van der Waals surface area contributed by atoms with E-state index in [0.717, 1.165) is 18.4 Å². The minimum Gasteiger partial charge on any atom is -0.493 e. The largest absolute Gasteiger partial charge is 0.493 e. The van der Waals surface area contributed by atoms with Gasteiger partial charge >= 0.3 is 5.97 Å². The van der Waals surface area contributed by atoms with Crippen LogP contribution in [-0.2, 0) is 9.53 Å². The number of anilines is 1. The zero-order valence-corrected chi connectivity index (χ0v) is 20.8. The van der Waals surface area contributed by atoms with E-state index in [1.807, 2.05) is 18.2 Å². The maximum absolute atomic E-state index is 13.5. The van der Waals surface area contributed by atoms with Crippen LogP contribution >= 0.6 is 12.2 Å². The summed E-state index contributed by atoms with van der Waals surface area (Å²) in [5, 5.41) is 9.47. The SMILES string of the molecule is COC(=O)c1ccccc1NC(=O)C1=C(C)NC(=S)N[C@H]1c1ccc(OC2CCCC2)c(OC)c1. The summed E-state index contributed by atoms with van der Waals surface area (Å²) in [5.74, 6) is 0.357. The first-order valence-corrected chi connectivity index (χ1v) is 11.9. The lowest BCUT2D eigenvalue weighted by Gasteiger charge is -2.31. The molecule has 1 amide bonds. The van der Waals surface area contributed by atoms with E-state index in [1.165, 1.54) is 20.0 Å². The van der Waals surface area contributed by atoms with Crippen molar-refractivity contribution in [3.8, 4) is 11.5 Å². The van der Waals surface area contributed by atoms with Gasteiger partial charge in [0.05, 0.1) is 43.2 Å². The molecular formula is C26H29N3O5S. The van der Waals surface area contributed by atoms with E-state index in [0.29, 0.717) is 33.6 Å². The average Bonchev–Trinajstić information content (AvgIpc) is 3.36. The molecule has 0 unspecified atom stereocenters. The number of allylic oxidation sites excluding steroid dienone is 1. The summed E-state index contributed by atoms with van der Waals surface area (Å²) in [6, 6.07) is 11.8. The Hall–Kier alpha value is -3.59. The first kappa shape index (κ1) is 24.5. The molecule has 1 aliphatic heterocycles. The third kappa shape index (κ3) is 5.40. The molecule has 1 saturated carbocycles. The van der Waals surface area contributed by atoms with Gasteiger partial charge in [-0.15, -0.1) is 0 Å². The fourth-order valence-electron chi connectivity index (χ4n) is 4.46. The molecule has 0 aromatic heterocycles. The molecule has 8 nitrogen and oxygen atoms in total. The molecule has 1 fully saturated rings. The molecule has 0 bridgehead atoms. The van der Waals surface area contributed by atoms with Crippen molar-refractivity contribution >= 4 is 34.9 Å². The van der Waals surface area contributed by atoms with Crippen LogP contribution in [0, 0.1) is 0 Å². The van der Waals surface area contributed by atoms with Crippen molar-refractivity contribution in [2.75, 3.05) is 19.5 Å². The van der Waals surface area contributed by atoms with Crippen LogP contribution in [0.5, 0.6) is 11.5 Å². The Bertz CT molecular complexity index is 1170. The van der Waals surface area contributed by atoms with E-state index < -0.39 is 12.0 Å². The molecule has 0 spiro atoms. The van der Waals surface area contributed by atoms with Gasteiger partial charge in [-0.2, -0.15) is 0 Å². The molecule has 3 N–H and O–H groups in total. The van der Waals surface area contributed by atoms with Gasteiger partial charge in [0.1, 0.15) is 0 Å². The van der Waals surface area contributed by atoms with Gasteiger partial charge in [0.25, 0.3) is 5.91 Å². The van der Waals surface area contributed by atoms with Crippen LogP contribution in [0.1, 0.15) is 54.6 Å². The minimum absolute atomic E-state index is 0.192. The maximum atomic E-state index is 13.5. The molecule has 1 heterocycles. The topological polar surface area (TPSA) is 97.9 Å². The number of para-hydroxylation sites is 1. The predicted octanol–water partition coefficient (Wildman–Crippen LogP) is 4.23. The first-order valence-electron chi connectivity index (χ1n) is 11.5. The van der Waals surface area contributed by atoms with Crippen LogP contribution in [-0.4, -0.2) is 37.3 Å². The second kappa shape index (κ2) is 10.8. The smallest absolute Gasteiger partial charge is 0.339 e. The summed E-state index contributed by atoms with van der Waals surface area (Å²) in [6.07, 6.45) is 4.60. The second-order valence-electron chi connectivity index (χ2n) is 8.50. The van der Waals surface area contributed by atoms with Gasteiger partial charge in [0.2, 0.25) is 0 Å². The van der Waals surface area contributed by atoms with E-state index >= 15 is 0 Å². The monoisotopic (exact) mass is 495 g/mol. The van der Waals surface area contributed by atoms with Crippen molar-refractivity contribution in [1.29, 1.82) is 0 Å². The van der Waals surface area contributed by atoms with Crippen molar-refractivity contribution in [1.82, 2.24) is 10.6 Å². The van der Waals surface area contributed by atoms with Crippen molar-refractivity contribution < 1.29 is 23.8 Å². The number of carbonyl (C=O) groups is 2. The summed E-state index contributed by atoms with van der Waals surface area (Å²) in [5.41, 5.74) is 2.45. The number of hydrogen-bond acceptors (Lipinski definition) is 6. The molecule has 184 valence electrons. The van der Waals surface area contributed by atoms with E-state index in [-0.39, 0.29) is 17.6 Å². The Balaban J connectivity index is 1.64. The Morgan fingerprint density at radius 3 is 2.51 bits per heavy atom. The molecular weight excluding hydrogens is 466 g/mol. The number of benzene rings is 2. The number of amides is 1. The molecule has 2 aromatic carbocycles. The number of methoxy groups -OCH3 is 2. The molecule has 2 aromatic rings. The highest BCUT2D eigenvalue weighted by Gasteiger charge is 2.31. The molecule has 4 rings (SSSR count). The van der Waals surface area contributed by atoms with Gasteiger partial charge < -0.3 is 30.2 Å². The molecule has 9 heteroatoms. The van der Waals surface area contributed by atoms with Gasteiger partial charge in [-0.25, -0.2) is 4.79 Å². The standard InChI is InChI=1S/C26H29N3O5S/c1-15-22(24(30)28-19-11-7-6-10-18(19)25(31)33-3)23(29-26(35)27-15)16-12-13-20(21(14-16)32-2)34-17-8-4-5-9-17/h6-7,10-14,17,23H,4-5,8-9H2,1-3H3,(H,28,30)(H2,27,29,35)/t23-/m0/s1. The highest BCUT2D eigenvalue weighted by Crippen LogP contribution is 2.36. The number of carbonyl (C=O) groups excluding carboxylic acids is 2. The fraction of sp³-hybridized carbons (Fsp3) is 0.346. The predicted molar refractivity (Wildman–Crippen MR) is 137 cm³/mol. The fourth-order valence-corrected chi connectivity index (χ4v) is 4.73. The number of esters is 1. The van der Waals surface area contributed by atoms with Crippen molar-refractivity contribution in [2.45, 2.75) is 44.8 Å². The third-order valence-electron chi connectivity index (χ3n) is 6.21. The first-order chi connectivity index (χ1) is 16.9. The van der Waals surface area contributed by atoms with E-state index in [4.69, 9.17) is 26.4 Å². The number of thiocarbonyl (C=S) groups is 1. The van der Waals surface area contributed by atoms with E-state index in [1.54, 1.807) is 38.3 Å². The van der Waals surface area contributed by atoms with Gasteiger partial charge in [-0.1, -0.05) is 18.2 Å². The zero-order valence-electron chi connectivity index (χ0n) is 20.0. The number of hydrogen-bond donors (Lipinski definition) is 3. The van der Waals surface area contributed by atoms with Crippen molar-refractivity contribution in [3.05, 3.63) is 64.9 Å². The molecule has 35 heavy (non-hydrogen) atoms. The summed E-state index contributed by atoms with van der Waals surface area (Å²) in [6.45, 7) is 1.79. The van der Waals surface area contributed by atoms with Crippen molar-refractivity contribution in [2.24, 2.45) is 0 Å². The Morgan fingerprint density at radius 2 is 1.80 bits per heavy atom. The third-order valence-corrected chi connectivity index (χ3v) is 6.43. The van der Waals surface area contributed by atoms with E-state index in [2.05, 4.69) is 16.0 Å². The second-order valence-corrected chi connectivity index (χ2v) is 8.90. The zero-order chi connectivity index (χ0) is 24.9. The van der Waals surface area contributed by atoms with E-state index in [9.17, 15) is 9.59 Å². The molecule has 2 aliphatic rings. The highest BCUT2D eigenvalue weighted by atomic mass is 32.1. The van der Waals surface area contributed by atoms with Crippen LogP contribution in [0.2, 0.25) is 0 Å². The summed E-state index contributed by atoms with van der Waals surface area (Å²) >= 11 is 5.38.